The van der Waals surface area contributed by atoms with Crippen LogP contribution in [-0.4, -0.2) is 69.9 Å². The molecule has 0 spiro atoms. The van der Waals surface area contributed by atoms with Crippen LogP contribution in [0.4, 0.5) is 9.59 Å². The van der Waals surface area contributed by atoms with Crippen LogP contribution in [0.15, 0.2) is 70.5 Å². The summed E-state index contributed by atoms with van der Waals surface area (Å²) in [6, 6.07) is 19.2. The van der Waals surface area contributed by atoms with Crippen molar-refractivity contribution in [1.29, 1.82) is 0 Å². The summed E-state index contributed by atoms with van der Waals surface area (Å²) >= 11 is 2.87. The van der Waals surface area contributed by atoms with E-state index in [2.05, 4.69) is 10.6 Å². The molecule has 0 radical (unpaired) electrons. The second kappa shape index (κ2) is 15.4. The van der Waals surface area contributed by atoms with Crippen molar-refractivity contribution in [1.82, 2.24) is 10.6 Å². The van der Waals surface area contributed by atoms with E-state index < -0.39 is 46.8 Å². The maximum Gasteiger partial charge on any atom is 0.407 e. The lowest BCUT2D eigenvalue weighted by molar-refractivity contribution is -0.0130. The monoisotopic (exact) mass is 578 g/mol. The highest BCUT2D eigenvalue weighted by molar-refractivity contribution is 8.00. The number of hydrogen-bond acceptors (Lipinski definition) is 8. The summed E-state index contributed by atoms with van der Waals surface area (Å²) in [6.07, 6.45) is -3.64. The third-order valence-corrected chi connectivity index (χ3v) is 7.70. The van der Waals surface area contributed by atoms with Crippen LogP contribution in [0.5, 0.6) is 0 Å². The van der Waals surface area contributed by atoms with E-state index >= 15 is 0 Å². The van der Waals surface area contributed by atoms with Gasteiger partial charge >= 0.3 is 12.2 Å². The number of alkyl carbamates (subject to hydrolysis) is 2. The van der Waals surface area contributed by atoms with Gasteiger partial charge in [-0.2, -0.15) is 0 Å². The summed E-state index contributed by atoms with van der Waals surface area (Å²) in [6.45, 7) is 10.8. The summed E-state index contributed by atoms with van der Waals surface area (Å²) in [5, 5.41) is 27.6. The first-order valence-electron chi connectivity index (χ1n) is 12.9. The Kier molecular flexibility index (Phi) is 13.0. The van der Waals surface area contributed by atoms with Gasteiger partial charge in [-0.05, 0) is 65.8 Å². The minimum absolute atomic E-state index is 0.0603. The number of aliphatic hydroxyl groups is 2. The smallest absolute Gasteiger partial charge is 0.407 e. The lowest BCUT2D eigenvalue weighted by Gasteiger charge is -2.32. The summed E-state index contributed by atoms with van der Waals surface area (Å²) in [5.41, 5.74) is -1.33. The van der Waals surface area contributed by atoms with Crippen molar-refractivity contribution in [2.24, 2.45) is 5.92 Å². The normalized spacial score (nSPS) is 15.0. The second-order valence-electron chi connectivity index (χ2n) is 11.1. The Morgan fingerprint density at radius 1 is 0.744 bits per heavy atom. The minimum Gasteiger partial charge on any atom is -0.444 e. The summed E-state index contributed by atoms with van der Waals surface area (Å²) < 4.78 is 10.7. The first-order valence-corrected chi connectivity index (χ1v) is 14.8. The zero-order chi connectivity index (χ0) is 29.1. The fraction of sp³-hybridized carbons (Fsp3) is 0.517. The van der Waals surface area contributed by atoms with Gasteiger partial charge in [-0.1, -0.05) is 36.4 Å². The number of benzene rings is 2. The highest BCUT2D eigenvalue weighted by Crippen LogP contribution is 2.30. The molecule has 0 aliphatic heterocycles. The Hall–Kier alpha value is -2.40. The zero-order valence-corrected chi connectivity index (χ0v) is 25.2. The number of carbonyl (C=O) groups is 2. The first-order chi connectivity index (χ1) is 18.2. The Morgan fingerprint density at radius 3 is 1.69 bits per heavy atom. The van der Waals surface area contributed by atoms with E-state index in [0.29, 0.717) is 5.75 Å². The molecule has 0 saturated heterocycles. The van der Waals surface area contributed by atoms with Gasteiger partial charge in [-0.25, -0.2) is 9.59 Å². The van der Waals surface area contributed by atoms with Crippen molar-refractivity contribution >= 4 is 35.7 Å². The predicted molar refractivity (Wildman–Crippen MR) is 157 cm³/mol. The van der Waals surface area contributed by atoms with Crippen LogP contribution in [0.3, 0.4) is 0 Å². The number of rotatable bonds is 12. The van der Waals surface area contributed by atoms with Gasteiger partial charge in [0.2, 0.25) is 0 Å². The van der Waals surface area contributed by atoms with E-state index in [-0.39, 0.29) is 13.1 Å². The Bertz CT molecular complexity index is 1010. The highest BCUT2D eigenvalue weighted by atomic mass is 32.2. The van der Waals surface area contributed by atoms with Crippen molar-refractivity contribution in [3.05, 3.63) is 60.7 Å². The molecule has 2 rings (SSSR count). The second-order valence-corrected chi connectivity index (χ2v) is 13.5. The lowest BCUT2D eigenvalue weighted by Crippen LogP contribution is -2.49. The summed E-state index contributed by atoms with van der Waals surface area (Å²) in [4.78, 5) is 26.6. The standard InChI is InChI=1S/C29H42N2O6S2/c1-28(2,3)36-26(34)30-17-20(19-38-21-13-9-7-10-14-21)24(32)25(33)23(39-22-15-11-8-12-16-22)18-31-27(35)37-29(4,5)6/h7-16,20,23-25,32-33H,17-19H2,1-6H3,(H,30,34)(H,31,35)/t20-,23+,24-,25-/m1/s1. The topological polar surface area (TPSA) is 117 Å². The summed E-state index contributed by atoms with van der Waals surface area (Å²) in [7, 11) is 0. The zero-order valence-electron chi connectivity index (χ0n) is 23.5. The van der Waals surface area contributed by atoms with Crippen molar-refractivity contribution in [2.75, 3.05) is 18.8 Å². The quantitative estimate of drug-likeness (QED) is 0.250. The minimum atomic E-state index is -1.23. The van der Waals surface area contributed by atoms with E-state index in [1.165, 1.54) is 23.5 Å². The fourth-order valence-corrected chi connectivity index (χ4v) is 5.63. The van der Waals surface area contributed by atoms with Crippen LogP contribution in [0, 0.1) is 5.92 Å². The number of hydrogen-bond donors (Lipinski definition) is 4. The van der Waals surface area contributed by atoms with Crippen LogP contribution in [0.2, 0.25) is 0 Å². The molecule has 0 aromatic heterocycles. The Labute approximate surface area is 240 Å². The average Bonchev–Trinajstić information content (AvgIpc) is 2.85. The van der Waals surface area contributed by atoms with E-state index in [4.69, 9.17) is 9.47 Å². The number of nitrogens with one attached hydrogen (secondary N) is 2. The Morgan fingerprint density at radius 2 is 1.21 bits per heavy atom. The van der Waals surface area contributed by atoms with Gasteiger partial charge in [0.05, 0.1) is 17.5 Å². The van der Waals surface area contributed by atoms with Gasteiger partial charge < -0.3 is 30.3 Å². The number of amides is 2. The molecule has 2 aromatic carbocycles. The Balaban J connectivity index is 2.19. The average molecular weight is 579 g/mol. The van der Waals surface area contributed by atoms with Crippen molar-refractivity contribution < 1.29 is 29.3 Å². The number of aliphatic hydroxyl groups excluding tert-OH is 2. The van der Waals surface area contributed by atoms with Gasteiger partial charge in [-0.3, -0.25) is 0 Å². The van der Waals surface area contributed by atoms with Crippen LogP contribution in [0.1, 0.15) is 41.5 Å². The largest absolute Gasteiger partial charge is 0.444 e. The predicted octanol–water partition coefficient (Wildman–Crippen LogP) is 5.33. The molecule has 0 aliphatic carbocycles. The number of thioether (sulfide) groups is 2. The van der Waals surface area contributed by atoms with Crippen LogP contribution < -0.4 is 10.6 Å². The third-order valence-electron chi connectivity index (χ3n) is 5.21. The van der Waals surface area contributed by atoms with Crippen molar-refractivity contribution in [2.45, 2.75) is 80.0 Å². The number of carbonyl (C=O) groups excluding carboxylic acids is 2. The van der Waals surface area contributed by atoms with E-state index in [1.807, 2.05) is 60.7 Å². The van der Waals surface area contributed by atoms with Gasteiger partial charge in [-0.15, -0.1) is 23.5 Å². The van der Waals surface area contributed by atoms with E-state index in [0.717, 1.165) is 9.79 Å². The molecule has 2 aromatic rings. The van der Waals surface area contributed by atoms with E-state index in [1.54, 1.807) is 41.5 Å². The SMILES string of the molecule is CC(C)(C)OC(=O)NC[C@H](CSc1ccccc1)[C@@H](O)[C@H](O)[C@H](CNC(=O)OC(C)(C)C)Sc1ccccc1. The molecule has 0 heterocycles. The maximum absolute atomic E-state index is 12.3. The molecule has 0 saturated carbocycles. The van der Waals surface area contributed by atoms with Crippen LogP contribution in [0.25, 0.3) is 0 Å². The molecule has 2 amide bonds. The molecule has 39 heavy (non-hydrogen) atoms. The van der Waals surface area contributed by atoms with Gasteiger partial charge in [0, 0.05) is 34.6 Å². The highest BCUT2D eigenvalue weighted by Gasteiger charge is 2.34. The van der Waals surface area contributed by atoms with Crippen LogP contribution >= 0.6 is 23.5 Å². The van der Waals surface area contributed by atoms with Crippen molar-refractivity contribution in [3.63, 3.8) is 0 Å². The molecule has 4 atom stereocenters. The molecular weight excluding hydrogens is 536 g/mol. The molecule has 4 N–H and O–H groups in total. The van der Waals surface area contributed by atoms with E-state index in [9.17, 15) is 19.8 Å². The maximum atomic E-state index is 12.3. The molecule has 0 bridgehead atoms. The molecule has 216 valence electrons. The van der Waals surface area contributed by atoms with Crippen molar-refractivity contribution in [3.8, 4) is 0 Å². The molecule has 0 unspecified atom stereocenters. The fourth-order valence-electron chi connectivity index (χ4n) is 3.43. The third kappa shape index (κ3) is 13.5. The lowest BCUT2D eigenvalue weighted by atomic mass is 9.97. The molecule has 8 nitrogen and oxygen atoms in total. The summed E-state index contributed by atoms with van der Waals surface area (Å²) in [5.74, 6) is -0.0848. The molecule has 0 fully saturated rings. The molecule has 10 heteroatoms. The van der Waals surface area contributed by atoms with Crippen LogP contribution in [-0.2, 0) is 9.47 Å². The molecular formula is C29H42N2O6S2. The van der Waals surface area contributed by atoms with Gasteiger partial charge in [0.15, 0.2) is 0 Å². The number of ether oxygens (including phenoxy) is 2. The molecule has 0 aliphatic rings. The van der Waals surface area contributed by atoms with Gasteiger partial charge in [0.1, 0.15) is 11.2 Å². The first kappa shape index (κ1) is 32.8. The van der Waals surface area contributed by atoms with Gasteiger partial charge in [0.25, 0.3) is 0 Å².